The van der Waals surface area contributed by atoms with Gasteiger partial charge in [0, 0.05) is 11.4 Å². The van der Waals surface area contributed by atoms with Crippen molar-refractivity contribution in [1.29, 1.82) is 0 Å². The molecular weight excluding hydrogens is 244 g/mol. The largest absolute Gasteiger partial charge is 0.467 e. The van der Waals surface area contributed by atoms with E-state index in [0.717, 1.165) is 17.1 Å². The van der Waals surface area contributed by atoms with Gasteiger partial charge in [-0.15, -0.1) is 0 Å². The Kier molecular flexibility index (Phi) is 4.12. The maximum Gasteiger partial charge on any atom is 0.239 e. The monoisotopic (exact) mass is 260 g/mol. The normalized spacial score (nSPS) is 10.2. The molecule has 2 aromatic rings. The minimum atomic E-state index is -0.140. The zero-order chi connectivity index (χ0) is 13.7. The molecule has 0 saturated heterocycles. The molecule has 0 fully saturated rings. The van der Waals surface area contributed by atoms with Gasteiger partial charge in [-0.2, -0.15) is 0 Å². The topological polar surface area (TPSA) is 80.0 Å². The summed E-state index contributed by atoms with van der Waals surface area (Å²) in [6.07, 6.45) is 1.57. The molecule has 0 radical (unpaired) electrons. The van der Waals surface area contributed by atoms with Crippen LogP contribution >= 0.6 is 0 Å². The van der Waals surface area contributed by atoms with Gasteiger partial charge >= 0.3 is 0 Å². The lowest BCUT2D eigenvalue weighted by Gasteiger charge is -2.06. The summed E-state index contributed by atoms with van der Waals surface area (Å²) < 4.78 is 5.12. The highest BCUT2D eigenvalue weighted by molar-refractivity contribution is 5.80. The van der Waals surface area contributed by atoms with Crippen LogP contribution in [0.15, 0.2) is 28.9 Å². The summed E-state index contributed by atoms with van der Waals surface area (Å²) in [4.78, 5) is 20.0. The van der Waals surface area contributed by atoms with Gasteiger partial charge in [0.2, 0.25) is 11.9 Å². The van der Waals surface area contributed by atoms with Crippen LogP contribution < -0.4 is 10.6 Å². The van der Waals surface area contributed by atoms with Gasteiger partial charge in [0.15, 0.2) is 0 Å². The summed E-state index contributed by atoms with van der Waals surface area (Å²) in [5.74, 6) is 1.04. The molecule has 0 aliphatic rings. The minimum absolute atomic E-state index is 0.129. The number of carbonyl (C=O) groups excluding carboxylic acids is 1. The van der Waals surface area contributed by atoms with E-state index in [1.165, 1.54) is 0 Å². The van der Waals surface area contributed by atoms with Crippen molar-refractivity contribution in [2.24, 2.45) is 0 Å². The van der Waals surface area contributed by atoms with E-state index in [1.807, 2.05) is 19.9 Å². The average Bonchev–Trinajstić information content (AvgIpc) is 2.86. The van der Waals surface area contributed by atoms with E-state index >= 15 is 0 Å². The highest BCUT2D eigenvalue weighted by atomic mass is 16.3. The average molecular weight is 260 g/mol. The maximum atomic E-state index is 11.6. The van der Waals surface area contributed by atoms with Gasteiger partial charge in [0.05, 0.1) is 19.4 Å². The van der Waals surface area contributed by atoms with E-state index in [0.29, 0.717) is 12.5 Å². The lowest BCUT2D eigenvalue weighted by atomic mass is 10.3. The third-order valence-electron chi connectivity index (χ3n) is 2.43. The van der Waals surface area contributed by atoms with E-state index < -0.39 is 0 Å². The second kappa shape index (κ2) is 5.99. The molecule has 2 aromatic heterocycles. The van der Waals surface area contributed by atoms with Gasteiger partial charge in [-0.1, -0.05) is 0 Å². The fourth-order valence-electron chi connectivity index (χ4n) is 1.63. The molecule has 0 atom stereocenters. The molecule has 6 nitrogen and oxygen atoms in total. The van der Waals surface area contributed by atoms with E-state index in [2.05, 4.69) is 20.6 Å². The predicted molar refractivity (Wildman–Crippen MR) is 70.6 cm³/mol. The molecule has 0 aliphatic heterocycles. The number of furan rings is 1. The minimum Gasteiger partial charge on any atom is -0.467 e. The predicted octanol–water partition coefficient (Wildman–Crippen LogP) is 1.41. The number of nitrogens with one attached hydrogen (secondary N) is 2. The molecule has 0 spiro atoms. The third kappa shape index (κ3) is 4.09. The highest BCUT2D eigenvalue weighted by Gasteiger charge is 2.04. The van der Waals surface area contributed by atoms with Crippen molar-refractivity contribution < 1.29 is 9.21 Å². The third-order valence-corrected chi connectivity index (χ3v) is 2.43. The number of rotatable bonds is 5. The first kappa shape index (κ1) is 13.1. The van der Waals surface area contributed by atoms with Crippen LogP contribution in [0.5, 0.6) is 0 Å². The molecule has 2 N–H and O–H groups in total. The second-order valence-electron chi connectivity index (χ2n) is 4.18. The lowest BCUT2D eigenvalue weighted by Crippen LogP contribution is -2.29. The molecule has 100 valence electrons. The summed E-state index contributed by atoms with van der Waals surface area (Å²) in [6, 6.07) is 5.46. The Morgan fingerprint density at radius 2 is 2.05 bits per heavy atom. The van der Waals surface area contributed by atoms with Crippen molar-refractivity contribution in [2.45, 2.75) is 20.4 Å². The van der Waals surface area contributed by atoms with Crippen LogP contribution in [0.2, 0.25) is 0 Å². The Labute approximate surface area is 111 Å². The van der Waals surface area contributed by atoms with Gasteiger partial charge < -0.3 is 15.1 Å². The van der Waals surface area contributed by atoms with Gasteiger partial charge in [-0.3, -0.25) is 4.79 Å². The Balaban J connectivity index is 1.79. The summed E-state index contributed by atoms with van der Waals surface area (Å²) in [5, 5.41) is 5.63. The number of amides is 1. The number of nitrogens with zero attached hydrogens (tertiary/aromatic N) is 2. The van der Waals surface area contributed by atoms with Crippen molar-refractivity contribution >= 4 is 11.9 Å². The zero-order valence-corrected chi connectivity index (χ0v) is 10.9. The molecule has 19 heavy (non-hydrogen) atoms. The smallest absolute Gasteiger partial charge is 0.239 e. The lowest BCUT2D eigenvalue weighted by molar-refractivity contribution is -0.119. The molecule has 0 saturated carbocycles. The van der Waals surface area contributed by atoms with Crippen LogP contribution in [0.4, 0.5) is 5.95 Å². The molecule has 0 bridgehead atoms. The van der Waals surface area contributed by atoms with Crippen molar-refractivity contribution in [3.8, 4) is 0 Å². The van der Waals surface area contributed by atoms with Crippen molar-refractivity contribution in [3.05, 3.63) is 41.6 Å². The molecule has 0 unspecified atom stereocenters. The summed E-state index contributed by atoms with van der Waals surface area (Å²) >= 11 is 0. The zero-order valence-electron chi connectivity index (χ0n) is 10.9. The van der Waals surface area contributed by atoms with Gasteiger partial charge in [-0.05, 0) is 32.0 Å². The van der Waals surface area contributed by atoms with E-state index in [-0.39, 0.29) is 12.5 Å². The van der Waals surface area contributed by atoms with Crippen LogP contribution in [0, 0.1) is 13.8 Å². The van der Waals surface area contributed by atoms with Crippen LogP contribution in [0.3, 0.4) is 0 Å². The molecule has 2 rings (SSSR count). The molecule has 1 amide bonds. The van der Waals surface area contributed by atoms with Crippen LogP contribution in [0.25, 0.3) is 0 Å². The number of aryl methyl sites for hydroxylation is 2. The van der Waals surface area contributed by atoms with Crippen LogP contribution in [-0.2, 0) is 11.3 Å². The first-order chi connectivity index (χ1) is 9.13. The van der Waals surface area contributed by atoms with Gasteiger partial charge in [0.25, 0.3) is 0 Å². The molecule has 6 heteroatoms. The second-order valence-corrected chi connectivity index (χ2v) is 4.18. The molecular formula is C13H16N4O2. The molecule has 2 heterocycles. The number of hydrogen-bond acceptors (Lipinski definition) is 5. The summed E-state index contributed by atoms with van der Waals surface area (Å²) in [6.45, 7) is 4.28. The van der Waals surface area contributed by atoms with Gasteiger partial charge in [0.1, 0.15) is 5.76 Å². The quantitative estimate of drug-likeness (QED) is 0.849. The SMILES string of the molecule is Cc1cc(C)nc(NCC(=O)NCc2ccco2)n1. The number of aromatic nitrogens is 2. The highest BCUT2D eigenvalue weighted by Crippen LogP contribution is 2.03. The maximum absolute atomic E-state index is 11.6. The molecule has 0 aliphatic carbocycles. The van der Waals surface area contributed by atoms with Crippen molar-refractivity contribution in [1.82, 2.24) is 15.3 Å². The van der Waals surface area contributed by atoms with E-state index in [9.17, 15) is 4.79 Å². The Morgan fingerprint density at radius 3 is 2.68 bits per heavy atom. The van der Waals surface area contributed by atoms with Crippen LogP contribution in [0.1, 0.15) is 17.1 Å². The Bertz CT molecular complexity index is 532. The van der Waals surface area contributed by atoms with E-state index in [4.69, 9.17) is 4.42 Å². The number of carbonyl (C=O) groups is 1. The Hall–Kier alpha value is -2.37. The van der Waals surface area contributed by atoms with Crippen molar-refractivity contribution in [2.75, 3.05) is 11.9 Å². The van der Waals surface area contributed by atoms with Crippen LogP contribution in [-0.4, -0.2) is 22.4 Å². The number of anilines is 1. The fraction of sp³-hybridized carbons (Fsp3) is 0.308. The summed E-state index contributed by atoms with van der Waals surface area (Å²) in [5.41, 5.74) is 1.73. The first-order valence-electron chi connectivity index (χ1n) is 5.99. The standard InChI is InChI=1S/C13H16N4O2/c1-9-6-10(2)17-13(16-9)15-8-12(18)14-7-11-4-3-5-19-11/h3-6H,7-8H2,1-2H3,(H,14,18)(H,15,16,17). The summed E-state index contributed by atoms with van der Waals surface area (Å²) in [7, 11) is 0. The van der Waals surface area contributed by atoms with Gasteiger partial charge in [-0.25, -0.2) is 9.97 Å². The fourth-order valence-corrected chi connectivity index (χ4v) is 1.63. The Morgan fingerprint density at radius 1 is 1.32 bits per heavy atom. The van der Waals surface area contributed by atoms with Crippen molar-refractivity contribution in [3.63, 3.8) is 0 Å². The molecule has 0 aromatic carbocycles. The number of hydrogen-bond donors (Lipinski definition) is 2. The first-order valence-corrected chi connectivity index (χ1v) is 5.99. The van der Waals surface area contributed by atoms with E-state index in [1.54, 1.807) is 18.4 Å².